The van der Waals surface area contributed by atoms with E-state index in [1.54, 1.807) is 23.2 Å². The quantitative estimate of drug-likeness (QED) is 0.0735. The summed E-state index contributed by atoms with van der Waals surface area (Å²) in [6.07, 6.45) is 2.14. The van der Waals surface area contributed by atoms with Crippen LogP contribution in [0.5, 0.6) is 0 Å². The number of benzene rings is 4. The van der Waals surface area contributed by atoms with Gasteiger partial charge in [0.2, 0.25) is 0 Å². The molecule has 0 aliphatic heterocycles. The summed E-state index contributed by atoms with van der Waals surface area (Å²) < 4.78 is 0. The van der Waals surface area contributed by atoms with Crippen molar-refractivity contribution in [3.63, 3.8) is 0 Å². The van der Waals surface area contributed by atoms with Crippen molar-refractivity contribution in [3.8, 4) is 11.3 Å². The van der Waals surface area contributed by atoms with Crippen molar-refractivity contribution in [2.45, 2.75) is 5.54 Å². The Morgan fingerprint density at radius 1 is 0.786 bits per heavy atom. The molecule has 8 N–H and O–H groups in total. The fourth-order valence-electron chi connectivity index (χ4n) is 5.12. The highest BCUT2D eigenvalue weighted by Crippen LogP contribution is 2.44. The first-order valence-corrected chi connectivity index (χ1v) is 13.3. The van der Waals surface area contributed by atoms with Gasteiger partial charge in [-0.2, -0.15) is 0 Å². The summed E-state index contributed by atoms with van der Waals surface area (Å²) in [5.74, 6) is 6.96. The van der Waals surface area contributed by atoms with Crippen molar-refractivity contribution in [3.05, 3.63) is 162 Å². The number of nitrogens with two attached hydrogens (primary N) is 3. The second-order valence-corrected chi connectivity index (χ2v) is 9.58. The third-order valence-electron chi connectivity index (χ3n) is 7.11. The van der Waals surface area contributed by atoms with Crippen molar-refractivity contribution >= 4 is 23.6 Å². The van der Waals surface area contributed by atoms with Gasteiger partial charge in [0.15, 0.2) is 0 Å². The van der Waals surface area contributed by atoms with E-state index < -0.39 is 11.4 Å². The number of pyridine rings is 1. The van der Waals surface area contributed by atoms with E-state index in [2.05, 4.69) is 41.7 Å². The van der Waals surface area contributed by atoms with Gasteiger partial charge in [-0.15, -0.1) is 0 Å². The van der Waals surface area contributed by atoms with Gasteiger partial charge < -0.3 is 22.2 Å². The highest BCUT2D eigenvalue weighted by atomic mass is 16.1. The topological polar surface area (TPSA) is 147 Å². The highest BCUT2D eigenvalue weighted by Gasteiger charge is 2.42. The maximum atomic E-state index is 12.7. The number of nitrogens with one attached hydrogen (secondary N) is 2. The molecule has 8 heteroatoms. The summed E-state index contributed by atoms with van der Waals surface area (Å²) in [5.41, 5.74) is 16.4. The smallest absolute Gasteiger partial charge is 0.255 e. The number of anilines is 2. The lowest BCUT2D eigenvalue weighted by atomic mass is 9.76. The van der Waals surface area contributed by atoms with Crippen molar-refractivity contribution in [1.82, 2.24) is 10.3 Å². The number of nitrogen functional groups attached to an aromatic ring is 1. The van der Waals surface area contributed by atoms with Crippen molar-refractivity contribution in [1.29, 1.82) is 5.41 Å². The third-order valence-corrected chi connectivity index (χ3v) is 7.11. The molecule has 0 bridgehead atoms. The van der Waals surface area contributed by atoms with Crippen LogP contribution in [0.15, 0.2) is 139 Å². The Bertz CT molecular complexity index is 1620. The number of hydrogen-bond acceptors (Lipinski definition) is 7. The molecule has 4 aromatic carbocycles. The van der Waals surface area contributed by atoms with E-state index in [0.717, 1.165) is 29.1 Å². The van der Waals surface area contributed by atoms with Gasteiger partial charge in [-0.05, 0) is 41.0 Å². The Morgan fingerprint density at radius 2 is 1.33 bits per heavy atom. The lowest BCUT2D eigenvalue weighted by Crippen LogP contribution is -2.53. The zero-order valence-electron chi connectivity index (χ0n) is 22.8. The number of nitrogens with zero attached hydrogens (tertiary/aromatic N) is 2. The molecule has 0 fully saturated rings. The second kappa shape index (κ2) is 12.2. The van der Waals surface area contributed by atoms with Crippen LogP contribution in [-0.2, 0) is 5.54 Å². The van der Waals surface area contributed by atoms with Gasteiger partial charge in [-0.1, -0.05) is 103 Å². The summed E-state index contributed by atoms with van der Waals surface area (Å²) >= 11 is 0. The van der Waals surface area contributed by atoms with E-state index in [0.29, 0.717) is 22.5 Å². The number of carbonyl (C=O) groups is 1. The molecule has 0 saturated carbocycles. The second-order valence-electron chi connectivity index (χ2n) is 9.58. The van der Waals surface area contributed by atoms with Crippen LogP contribution in [0.4, 0.5) is 11.5 Å². The SMILES string of the molecule is N=C/C(=C\N)NC(=O)c1cccc(-c2ccc(N(N)C(c3ccccc3)(c3ccccc3)c3ccccc3)c(N)n2)c1. The maximum Gasteiger partial charge on any atom is 0.255 e. The van der Waals surface area contributed by atoms with Gasteiger partial charge in [0.1, 0.15) is 11.4 Å². The molecule has 0 aliphatic rings. The van der Waals surface area contributed by atoms with Gasteiger partial charge in [0.05, 0.1) is 17.1 Å². The third kappa shape index (κ3) is 5.22. The summed E-state index contributed by atoms with van der Waals surface area (Å²) in [5, 5.41) is 11.6. The van der Waals surface area contributed by atoms with Crippen LogP contribution in [0, 0.1) is 5.41 Å². The molecule has 0 spiro atoms. The molecule has 0 atom stereocenters. The fraction of sp³-hybridized carbons (Fsp3) is 0.0294. The number of rotatable bonds is 9. The van der Waals surface area contributed by atoms with E-state index in [9.17, 15) is 4.79 Å². The normalized spacial score (nSPS) is 11.5. The summed E-state index contributed by atoms with van der Waals surface area (Å²) in [6.45, 7) is 0. The minimum Gasteiger partial charge on any atom is -0.403 e. The predicted molar refractivity (Wildman–Crippen MR) is 168 cm³/mol. The first-order valence-electron chi connectivity index (χ1n) is 13.3. The molecule has 1 aromatic heterocycles. The number of carbonyl (C=O) groups excluding carboxylic acids is 1. The minimum absolute atomic E-state index is 0.193. The Kier molecular flexibility index (Phi) is 8.08. The van der Waals surface area contributed by atoms with Crippen LogP contribution >= 0.6 is 0 Å². The van der Waals surface area contributed by atoms with Gasteiger partial charge in [-0.25, -0.2) is 10.8 Å². The number of hydrazine groups is 1. The first kappa shape index (κ1) is 27.8. The molecule has 0 unspecified atom stereocenters. The molecule has 0 radical (unpaired) electrons. The Balaban J connectivity index is 1.60. The number of amides is 1. The van der Waals surface area contributed by atoms with Crippen molar-refractivity contribution in [2.24, 2.45) is 11.6 Å². The van der Waals surface area contributed by atoms with Crippen molar-refractivity contribution < 1.29 is 4.79 Å². The molecule has 8 nitrogen and oxygen atoms in total. The highest BCUT2D eigenvalue weighted by molar-refractivity contribution is 5.99. The Hall–Kier alpha value is -5.73. The summed E-state index contributed by atoms with van der Waals surface area (Å²) in [4.78, 5) is 17.4. The van der Waals surface area contributed by atoms with Gasteiger partial charge in [0, 0.05) is 23.5 Å². The number of allylic oxidation sites excluding steroid dienone is 1. The zero-order valence-corrected chi connectivity index (χ0v) is 22.8. The molecule has 0 saturated heterocycles. The van der Waals surface area contributed by atoms with Crippen LogP contribution in [0.3, 0.4) is 0 Å². The fourth-order valence-corrected chi connectivity index (χ4v) is 5.12. The van der Waals surface area contributed by atoms with Gasteiger partial charge >= 0.3 is 0 Å². The van der Waals surface area contributed by atoms with Crippen LogP contribution in [0.1, 0.15) is 27.0 Å². The average molecular weight is 554 g/mol. The molecule has 0 aliphatic carbocycles. The van der Waals surface area contributed by atoms with Crippen molar-refractivity contribution in [2.75, 3.05) is 10.7 Å². The van der Waals surface area contributed by atoms with E-state index in [-0.39, 0.29) is 11.5 Å². The molecule has 1 heterocycles. The lowest BCUT2D eigenvalue weighted by molar-refractivity contribution is 0.0968. The summed E-state index contributed by atoms with van der Waals surface area (Å²) in [6, 6.07) is 40.9. The monoisotopic (exact) mass is 553 g/mol. The van der Waals surface area contributed by atoms with E-state index >= 15 is 0 Å². The van der Waals surface area contributed by atoms with E-state index in [1.807, 2.05) is 72.8 Å². The standard InChI is InChI=1S/C34H31N7O/c35-22-29(23-36)39-33(42)25-12-10-11-24(21-25)30-19-20-31(32(37)40-30)41(38)34(26-13-4-1-5-14-26,27-15-6-2-7-16-27)28-17-8-3-9-18-28/h1-23,35H,36,38H2,(H2,37,40)(H,39,42)/b29-23+,35-22?. The Labute approximate surface area is 244 Å². The lowest BCUT2D eigenvalue weighted by Gasteiger charge is -2.44. The maximum absolute atomic E-state index is 12.7. The average Bonchev–Trinajstić information content (AvgIpc) is 3.05. The Morgan fingerprint density at radius 3 is 1.81 bits per heavy atom. The molecule has 1 amide bonds. The predicted octanol–water partition coefficient (Wildman–Crippen LogP) is 5.18. The molecule has 5 aromatic rings. The minimum atomic E-state index is -0.928. The molecule has 5 rings (SSSR count). The van der Waals surface area contributed by atoms with Gasteiger partial charge in [-0.3, -0.25) is 9.80 Å². The van der Waals surface area contributed by atoms with Gasteiger partial charge in [0.25, 0.3) is 5.91 Å². The molecule has 42 heavy (non-hydrogen) atoms. The van der Waals surface area contributed by atoms with Crippen LogP contribution in [0.25, 0.3) is 11.3 Å². The summed E-state index contributed by atoms with van der Waals surface area (Å²) in [7, 11) is 0. The molecular formula is C34H31N7O. The van der Waals surface area contributed by atoms with Crippen LogP contribution < -0.4 is 27.6 Å². The van der Waals surface area contributed by atoms with Crippen LogP contribution in [-0.4, -0.2) is 17.1 Å². The van der Waals surface area contributed by atoms with E-state index in [1.165, 1.54) is 0 Å². The van der Waals surface area contributed by atoms with E-state index in [4.69, 9.17) is 27.7 Å². The van der Waals surface area contributed by atoms with Crippen LogP contribution in [0.2, 0.25) is 0 Å². The first-order chi connectivity index (χ1) is 20.5. The number of aromatic nitrogens is 1. The molecular weight excluding hydrogens is 522 g/mol. The number of hydrogen-bond donors (Lipinski definition) is 5. The zero-order chi connectivity index (χ0) is 29.5. The molecule has 208 valence electrons. The largest absolute Gasteiger partial charge is 0.403 e.